The summed E-state index contributed by atoms with van der Waals surface area (Å²) in [5.74, 6) is -0.693. The van der Waals surface area contributed by atoms with Crippen molar-refractivity contribution in [1.82, 2.24) is 5.32 Å². The van der Waals surface area contributed by atoms with Gasteiger partial charge in [-0.3, -0.25) is 9.59 Å². The number of carbonyl (C=O) groups is 2. The first-order valence-corrected chi connectivity index (χ1v) is 23.3. The molecule has 0 aliphatic heterocycles. The van der Waals surface area contributed by atoms with Crippen LogP contribution in [0.25, 0.3) is 0 Å². The summed E-state index contributed by atoms with van der Waals surface area (Å²) in [7, 11) is 0. The van der Waals surface area contributed by atoms with Crippen molar-refractivity contribution in [2.75, 3.05) is 6.61 Å². The molecule has 6 heteroatoms. The number of nitrogens with one attached hydrogen (secondary N) is 1. The number of aliphatic hydroxyl groups excluding tert-OH is 2. The Balaban J connectivity index is 4.91. The molecule has 0 aliphatic carbocycles. The van der Waals surface area contributed by atoms with Gasteiger partial charge in [-0.05, 0) is 76.7 Å². The molecule has 0 aliphatic rings. The van der Waals surface area contributed by atoms with Gasteiger partial charge in [-0.2, -0.15) is 0 Å². The van der Waals surface area contributed by atoms with Gasteiger partial charge in [-0.25, -0.2) is 0 Å². The normalized spacial score (nSPS) is 14.5. The SMILES string of the molecule is CC/C=C\C/C=C\C/C=C\C/C=C\C/C=C\C/C=C\C(CC(=O)NC(CO)C(O)CCCCCCCCCCCC)OC(=O)CCCCC\C=C/C=C\C=C\C=C\CC. The minimum atomic E-state index is -0.833. The molecular weight excluding hydrogens is 731 g/mol. The minimum absolute atomic E-state index is 0.0717. The van der Waals surface area contributed by atoms with Crippen molar-refractivity contribution >= 4 is 11.9 Å². The van der Waals surface area contributed by atoms with Gasteiger partial charge in [0.1, 0.15) is 6.10 Å². The molecule has 6 nitrogen and oxygen atoms in total. The van der Waals surface area contributed by atoms with Gasteiger partial charge in [-0.1, -0.05) is 207 Å². The predicted molar refractivity (Wildman–Crippen MR) is 254 cm³/mol. The third kappa shape index (κ3) is 40.8. The van der Waals surface area contributed by atoms with E-state index in [1.165, 1.54) is 44.9 Å². The van der Waals surface area contributed by atoms with Gasteiger partial charge < -0.3 is 20.3 Å². The highest BCUT2D eigenvalue weighted by molar-refractivity contribution is 5.78. The lowest BCUT2D eigenvalue weighted by Gasteiger charge is -2.23. The van der Waals surface area contributed by atoms with Crippen LogP contribution in [0.2, 0.25) is 0 Å². The second-order valence-electron chi connectivity index (χ2n) is 15.1. The van der Waals surface area contributed by atoms with Crippen molar-refractivity contribution in [3.05, 3.63) is 122 Å². The molecule has 0 rings (SSSR count). The van der Waals surface area contributed by atoms with Crippen LogP contribution in [0.15, 0.2) is 122 Å². The van der Waals surface area contributed by atoms with Crippen molar-refractivity contribution < 1.29 is 24.5 Å². The molecule has 0 aromatic carbocycles. The van der Waals surface area contributed by atoms with E-state index < -0.39 is 18.2 Å². The Morgan fingerprint density at radius 3 is 1.56 bits per heavy atom. The zero-order valence-electron chi connectivity index (χ0n) is 37.6. The first kappa shape index (κ1) is 55.3. The molecule has 0 saturated carbocycles. The largest absolute Gasteiger partial charge is 0.458 e. The Labute approximate surface area is 361 Å². The average Bonchev–Trinajstić information content (AvgIpc) is 3.23. The molecule has 332 valence electrons. The number of ether oxygens (including phenoxy) is 1. The molecule has 0 heterocycles. The lowest BCUT2D eigenvalue weighted by Crippen LogP contribution is -2.46. The summed E-state index contributed by atoms with van der Waals surface area (Å²) in [6, 6.07) is -0.758. The third-order valence-electron chi connectivity index (χ3n) is 9.63. The maximum Gasteiger partial charge on any atom is 0.306 e. The highest BCUT2D eigenvalue weighted by Gasteiger charge is 2.23. The summed E-state index contributed by atoms with van der Waals surface area (Å²) in [6.45, 7) is 6.14. The van der Waals surface area contributed by atoms with Gasteiger partial charge in [0.15, 0.2) is 0 Å². The second-order valence-corrected chi connectivity index (χ2v) is 15.1. The van der Waals surface area contributed by atoms with Gasteiger partial charge in [0, 0.05) is 6.42 Å². The molecule has 1 amide bonds. The first-order valence-electron chi connectivity index (χ1n) is 23.3. The van der Waals surface area contributed by atoms with Crippen LogP contribution in [0.4, 0.5) is 0 Å². The van der Waals surface area contributed by atoms with E-state index in [2.05, 4.69) is 99.0 Å². The smallest absolute Gasteiger partial charge is 0.306 e. The maximum absolute atomic E-state index is 13.1. The van der Waals surface area contributed by atoms with E-state index in [4.69, 9.17) is 4.74 Å². The molecular formula is C53H85NO5. The fourth-order valence-electron chi connectivity index (χ4n) is 6.14. The fourth-order valence-corrected chi connectivity index (χ4v) is 6.14. The molecule has 59 heavy (non-hydrogen) atoms. The lowest BCUT2D eigenvalue weighted by molar-refractivity contribution is -0.148. The standard InChI is InChI=1S/C53H85NO5/c1-4-7-10-13-16-19-22-24-25-26-27-29-30-32-35-38-41-44-49(59-53(58)46-43-40-37-34-31-28-23-20-17-14-11-8-5-2)47-52(57)54-50(48-55)51(56)45-42-39-36-33-21-18-15-12-9-6-3/h7-8,10-11,14,16-17,19-20,23-25,27-29,31-32,35,41,44,49-51,55-56H,4-6,9,12-13,15,18,21-22,26,30,33-34,36-40,42-43,45-48H2,1-3H3,(H,54,57)/b10-7-,11-8+,17-14+,19-16-,23-20-,25-24-,29-27-,31-28-,35-32-,44-41-. The Morgan fingerprint density at radius 1 is 0.542 bits per heavy atom. The summed E-state index contributed by atoms with van der Waals surface area (Å²) < 4.78 is 5.78. The number of amides is 1. The number of esters is 1. The highest BCUT2D eigenvalue weighted by atomic mass is 16.5. The summed E-state index contributed by atoms with van der Waals surface area (Å²) >= 11 is 0. The number of aliphatic hydroxyl groups is 2. The number of hydrogen-bond donors (Lipinski definition) is 3. The van der Waals surface area contributed by atoms with Crippen LogP contribution >= 0.6 is 0 Å². The fraction of sp³-hybridized carbons (Fsp3) is 0.585. The van der Waals surface area contributed by atoms with E-state index in [9.17, 15) is 19.8 Å². The van der Waals surface area contributed by atoms with Gasteiger partial charge in [0.2, 0.25) is 5.91 Å². The van der Waals surface area contributed by atoms with Crippen LogP contribution in [-0.4, -0.2) is 46.9 Å². The molecule has 0 aromatic heterocycles. The maximum atomic E-state index is 13.1. The summed E-state index contributed by atoms with van der Waals surface area (Å²) in [5.41, 5.74) is 0. The summed E-state index contributed by atoms with van der Waals surface area (Å²) in [6.07, 6.45) is 62.9. The molecule has 0 spiro atoms. The molecule has 3 atom stereocenters. The number of hydrogen-bond acceptors (Lipinski definition) is 5. The van der Waals surface area contributed by atoms with Crippen LogP contribution < -0.4 is 5.32 Å². The van der Waals surface area contributed by atoms with Crippen molar-refractivity contribution in [1.29, 1.82) is 0 Å². The lowest BCUT2D eigenvalue weighted by atomic mass is 10.0. The zero-order valence-corrected chi connectivity index (χ0v) is 37.6. The first-order chi connectivity index (χ1) is 29.0. The van der Waals surface area contributed by atoms with Crippen molar-refractivity contribution in [2.24, 2.45) is 0 Å². The average molecular weight is 816 g/mol. The van der Waals surface area contributed by atoms with E-state index in [0.717, 1.165) is 83.5 Å². The monoisotopic (exact) mass is 816 g/mol. The van der Waals surface area contributed by atoms with Crippen LogP contribution in [0.1, 0.15) is 175 Å². The topological polar surface area (TPSA) is 95.9 Å². The van der Waals surface area contributed by atoms with E-state index in [-0.39, 0.29) is 31.3 Å². The zero-order chi connectivity index (χ0) is 43.1. The van der Waals surface area contributed by atoms with Gasteiger partial charge in [-0.15, -0.1) is 0 Å². The van der Waals surface area contributed by atoms with Gasteiger partial charge in [0.05, 0.1) is 25.2 Å². The molecule has 0 saturated heterocycles. The van der Waals surface area contributed by atoms with Crippen LogP contribution in [0.5, 0.6) is 0 Å². The minimum Gasteiger partial charge on any atom is -0.458 e. The van der Waals surface area contributed by atoms with Gasteiger partial charge in [0.25, 0.3) is 0 Å². The van der Waals surface area contributed by atoms with Crippen molar-refractivity contribution in [2.45, 2.75) is 193 Å². The summed E-state index contributed by atoms with van der Waals surface area (Å²) in [5, 5.41) is 23.6. The van der Waals surface area contributed by atoms with Crippen molar-refractivity contribution in [3.8, 4) is 0 Å². The molecule has 0 bridgehead atoms. The number of allylic oxidation sites excluding steroid dienone is 19. The van der Waals surface area contributed by atoms with E-state index in [0.29, 0.717) is 12.8 Å². The molecule has 0 fully saturated rings. The Morgan fingerprint density at radius 2 is 1.02 bits per heavy atom. The molecule has 0 radical (unpaired) electrons. The van der Waals surface area contributed by atoms with E-state index >= 15 is 0 Å². The van der Waals surface area contributed by atoms with Crippen molar-refractivity contribution in [3.63, 3.8) is 0 Å². The third-order valence-corrected chi connectivity index (χ3v) is 9.63. The summed E-state index contributed by atoms with van der Waals surface area (Å²) in [4.78, 5) is 26.0. The van der Waals surface area contributed by atoms with Crippen LogP contribution in [0.3, 0.4) is 0 Å². The van der Waals surface area contributed by atoms with Crippen LogP contribution in [0, 0.1) is 0 Å². The second kappa shape index (κ2) is 45.3. The molecule has 3 N–H and O–H groups in total. The number of carbonyl (C=O) groups excluding carboxylic acids is 2. The Hall–Kier alpha value is -3.74. The highest BCUT2D eigenvalue weighted by Crippen LogP contribution is 2.14. The predicted octanol–water partition coefficient (Wildman–Crippen LogP) is 13.7. The molecule has 3 unspecified atom stereocenters. The van der Waals surface area contributed by atoms with Crippen LogP contribution in [-0.2, 0) is 14.3 Å². The van der Waals surface area contributed by atoms with Gasteiger partial charge >= 0.3 is 5.97 Å². The number of unbranched alkanes of at least 4 members (excludes halogenated alkanes) is 12. The molecule has 0 aromatic rings. The quantitative estimate of drug-likeness (QED) is 0.0249. The Bertz CT molecular complexity index is 1280. The Kier molecular flexibility index (Phi) is 42.5. The van der Waals surface area contributed by atoms with E-state index in [1.807, 2.05) is 42.5 Å². The number of rotatable bonds is 39. The van der Waals surface area contributed by atoms with E-state index in [1.54, 1.807) is 6.08 Å².